The molecule has 2 atom stereocenters. The Morgan fingerprint density at radius 2 is 2.21 bits per heavy atom. The molecule has 1 N–H and O–H groups in total. The van der Waals surface area contributed by atoms with E-state index in [2.05, 4.69) is 0 Å². The number of carbonyl (C=O) groups excluding carboxylic acids is 2. The third-order valence-electron chi connectivity index (χ3n) is 2.48. The summed E-state index contributed by atoms with van der Waals surface area (Å²) in [5.74, 6) is -0.157. The number of aliphatic hydroxyl groups is 1. The molecule has 2 amide bonds. The summed E-state index contributed by atoms with van der Waals surface area (Å²) < 4.78 is 0. The lowest BCUT2D eigenvalue weighted by Gasteiger charge is -2.24. The van der Waals surface area contributed by atoms with Crippen molar-refractivity contribution < 1.29 is 14.7 Å². The Bertz CT molecular complexity index is 250. The summed E-state index contributed by atoms with van der Waals surface area (Å²) in [4.78, 5) is 23.8. The fourth-order valence-corrected chi connectivity index (χ4v) is 1.92. The van der Waals surface area contributed by atoms with Crippen molar-refractivity contribution in [3.8, 4) is 0 Å². The van der Waals surface area contributed by atoms with Gasteiger partial charge in [0.15, 0.2) is 0 Å². The molecule has 0 radical (unpaired) electrons. The third kappa shape index (κ3) is 2.12. The molecule has 0 spiro atoms. The van der Waals surface area contributed by atoms with E-state index in [0.717, 1.165) is 0 Å². The average Bonchev–Trinajstić information content (AvgIpc) is 2.25. The maximum atomic E-state index is 11.4. The fraction of sp³-hybridized carbons (Fsp3) is 0.800. The van der Waals surface area contributed by atoms with E-state index in [1.165, 1.54) is 11.8 Å². The zero-order valence-corrected chi connectivity index (χ0v) is 8.86. The van der Waals surface area contributed by atoms with Gasteiger partial charge in [0.05, 0.1) is 18.6 Å². The van der Waals surface area contributed by atoms with Crippen LogP contribution in [0, 0.1) is 5.92 Å². The van der Waals surface area contributed by atoms with Gasteiger partial charge >= 0.3 is 0 Å². The van der Waals surface area contributed by atoms with Gasteiger partial charge in [0.1, 0.15) is 0 Å². The van der Waals surface area contributed by atoms with Crippen LogP contribution in [0.4, 0.5) is 0 Å². The summed E-state index contributed by atoms with van der Waals surface area (Å²) in [6.45, 7) is 5.38. The van der Waals surface area contributed by atoms with Gasteiger partial charge in [-0.25, -0.2) is 0 Å². The van der Waals surface area contributed by atoms with Gasteiger partial charge in [0, 0.05) is 6.92 Å². The first kappa shape index (κ1) is 11.2. The quantitative estimate of drug-likeness (QED) is 0.706. The Balaban J connectivity index is 2.78. The van der Waals surface area contributed by atoms with Gasteiger partial charge in [-0.2, -0.15) is 0 Å². The Morgan fingerprint density at radius 1 is 1.64 bits per heavy atom. The van der Waals surface area contributed by atoms with Crippen LogP contribution < -0.4 is 0 Å². The van der Waals surface area contributed by atoms with Crippen molar-refractivity contribution in [3.05, 3.63) is 0 Å². The highest BCUT2D eigenvalue weighted by molar-refractivity contribution is 5.96. The van der Waals surface area contributed by atoms with Gasteiger partial charge < -0.3 is 5.11 Å². The topological polar surface area (TPSA) is 57.6 Å². The van der Waals surface area contributed by atoms with Crippen LogP contribution in [0.5, 0.6) is 0 Å². The van der Waals surface area contributed by atoms with Gasteiger partial charge in [-0.05, 0) is 12.3 Å². The van der Waals surface area contributed by atoms with Crippen molar-refractivity contribution >= 4 is 11.8 Å². The number of aliphatic hydroxyl groups excluding tert-OH is 1. The second kappa shape index (κ2) is 4.09. The standard InChI is InChI=1S/C10H17NO3/c1-6(2)4-8-9(13)5-10(14)11(8)7(3)12/h6,8-9,13H,4-5H2,1-3H3/t8-,9+/m0/s1. The predicted molar refractivity (Wildman–Crippen MR) is 51.4 cm³/mol. The Morgan fingerprint density at radius 3 is 2.64 bits per heavy atom. The molecule has 1 rings (SSSR count). The van der Waals surface area contributed by atoms with Crippen molar-refractivity contribution in [1.29, 1.82) is 0 Å². The van der Waals surface area contributed by atoms with E-state index in [0.29, 0.717) is 12.3 Å². The van der Waals surface area contributed by atoms with Crippen molar-refractivity contribution in [2.24, 2.45) is 5.92 Å². The summed E-state index contributed by atoms with van der Waals surface area (Å²) >= 11 is 0. The highest BCUT2D eigenvalue weighted by Crippen LogP contribution is 2.24. The van der Waals surface area contributed by atoms with E-state index in [1.807, 2.05) is 13.8 Å². The third-order valence-corrected chi connectivity index (χ3v) is 2.48. The van der Waals surface area contributed by atoms with Crippen LogP contribution in [0.1, 0.15) is 33.6 Å². The number of likely N-dealkylation sites (tertiary alicyclic amines) is 1. The molecule has 0 aromatic heterocycles. The van der Waals surface area contributed by atoms with Gasteiger partial charge in [0.2, 0.25) is 11.8 Å². The number of imide groups is 1. The molecule has 14 heavy (non-hydrogen) atoms. The summed E-state index contributed by atoms with van der Waals surface area (Å²) in [6, 6.07) is -0.319. The molecule has 0 unspecified atom stereocenters. The molecule has 1 aliphatic rings. The van der Waals surface area contributed by atoms with Crippen LogP contribution in [0.25, 0.3) is 0 Å². The molecule has 4 nitrogen and oxygen atoms in total. The van der Waals surface area contributed by atoms with E-state index < -0.39 is 6.10 Å². The monoisotopic (exact) mass is 199 g/mol. The van der Waals surface area contributed by atoms with Gasteiger partial charge in [0.25, 0.3) is 0 Å². The largest absolute Gasteiger partial charge is 0.390 e. The van der Waals surface area contributed by atoms with Crippen LogP contribution in [0.2, 0.25) is 0 Å². The predicted octanol–water partition coefficient (Wildman–Crippen LogP) is 0.541. The van der Waals surface area contributed by atoms with E-state index in [-0.39, 0.29) is 24.3 Å². The summed E-state index contributed by atoms with van der Waals surface area (Å²) in [6.07, 6.45) is 0.0671. The number of rotatable bonds is 2. The second-order valence-corrected chi connectivity index (χ2v) is 4.25. The van der Waals surface area contributed by atoms with Crippen molar-refractivity contribution in [1.82, 2.24) is 4.90 Å². The molecular formula is C10H17NO3. The van der Waals surface area contributed by atoms with Crippen LogP contribution >= 0.6 is 0 Å². The molecule has 80 valence electrons. The van der Waals surface area contributed by atoms with E-state index >= 15 is 0 Å². The first-order chi connectivity index (χ1) is 6.43. The Kier molecular flexibility index (Phi) is 3.26. The first-order valence-corrected chi connectivity index (χ1v) is 4.94. The van der Waals surface area contributed by atoms with Crippen LogP contribution in [-0.4, -0.2) is 34.0 Å². The molecule has 0 saturated carbocycles. The summed E-state index contributed by atoms with van der Waals surface area (Å²) in [7, 11) is 0. The van der Waals surface area contributed by atoms with E-state index in [1.54, 1.807) is 0 Å². The maximum absolute atomic E-state index is 11.4. The lowest BCUT2D eigenvalue weighted by molar-refractivity contribution is -0.142. The zero-order chi connectivity index (χ0) is 10.9. The summed E-state index contributed by atoms with van der Waals surface area (Å²) in [5.41, 5.74) is 0. The number of hydrogen-bond donors (Lipinski definition) is 1. The Labute approximate surface area is 83.9 Å². The van der Waals surface area contributed by atoms with E-state index in [4.69, 9.17) is 0 Å². The highest BCUT2D eigenvalue weighted by atomic mass is 16.3. The van der Waals surface area contributed by atoms with Gasteiger partial charge in [-0.1, -0.05) is 13.8 Å². The molecule has 0 bridgehead atoms. The average molecular weight is 199 g/mol. The second-order valence-electron chi connectivity index (χ2n) is 4.25. The molecule has 1 saturated heterocycles. The zero-order valence-electron chi connectivity index (χ0n) is 8.86. The van der Waals surface area contributed by atoms with Crippen molar-refractivity contribution in [2.75, 3.05) is 0 Å². The normalized spacial score (nSPS) is 27.5. The summed E-state index contributed by atoms with van der Waals surface area (Å²) in [5, 5.41) is 9.61. The SMILES string of the molecule is CC(=O)N1C(=O)C[C@@H](O)[C@@H]1CC(C)C. The minimum atomic E-state index is -0.686. The number of amides is 2. The lowest BCUT2D eigenvalue weighted by Crippen LogP contribution is -2.41. The number of carbonyl (C=O) groups is 2. The van der Waals surface area contributed by atoms with E-state index in [9.17, 15) is 14.7 Å². The minimum absolute atomic E-state index is 0.0803. The molecule has 0 aliphatic carbocycles. The van der Waals surface area contributed by atoms with Crippen molar-refractivity contribution in [2.45, 2.75) is 45.8 Å². The highest BCUT2D eigenvalue weighted by Gasteiger charge is 2.40. The molecule has 1 fully saturated rings. The molecule has 1 aliphatic heterocycles. The Hall–Kier alpha value is -0.900. The molecular weight excluding hydrogens is 182 g/mol. The van der Waals surface area contributed by atoms with Crippen LogP contribution in [0.15, 0.2) is 0 Å². The first-order valence-electron chi connectivity index (χ1n) is 4.94. The fourth-order valence-electron chi connectivity index (χ4n) is 1.92. The molecule has 0 aromatic rings. The number of hydrogen-bond acceptors (Lipinski definition) is 3. The number of nitrogens with zero attached hydrogens (tertiary/aromatic N) is 1. The maximum Gasteiger partial charge on any atom is 0.232 e. The minimum Gasteiger partial charge on any atom is -0.390 e. The van der Waals surface area contributed by atoms with Gasteiger partial charge in [-0.3, -0.25) is 14.5 Å². The molecule has 4 heteroatoms. The van der Waals surface area contributed by atoms with Crippen molar-refractivity contribution in [3.63, 3.8) is 0 Å². The molecule has 0 aromatic carbocycles. The van der Waals surface area contributed by atoms with Gasteiger partial charge in [-0.15, -0.1) is 0 Å². The lowest BCUT2D eigenvalue weighted by atomic mass is 10.00. The smallest absolute Gasteiger partial charge is 0.232 e. The van der Waals surface area contributed by atoms with Crippen LogP contribution in [0.3, 0.4) is 0 Å². The molecule has 1 heterocycles. The van der Waals surface area contributed by atoms with Crippen LogP contribution in [-0.2, 0) is 9.59 Å².